The van der Waals surface area contributed by atoms with Crippen LogP contribution in [-0.2, 0) is 21.0 Å². The number of fused-ring (bicyclic) bond motifs is 2. The fraction of sp³-hybridized carbons (Fsp3) is 0.350. The molecular formula is C20H23N3O2S. The van der Waals surface area contributed by atoms with Gasteiger partial charge in [0.25, 0.3) is 0 Å². The lowest BCUT2D eigenvalue weighted by atomic mass is 9.86. The third-order valence-electron chi connectivity index (χ3n) is 5.34. The standard InChI is InChI=1S/C20H23N3O2S/c1-5-23-17-11-16-15(10-14(17)20(2,3)19(23)24)21-18(22-16)12-6-8-13(9-7-12)26(4)25/h6-11,18,21-22H,5H2,1-4H3. The van der Waals surface area contributed by atoms with Crippen molar-refractivity contribution in [1.82, 2.24) is 0 Å². The van der Waals surface area contributed by atoms with Crippen molar-refractivity contribution in [1.29, 1.82) is 0 Å². The van der Waals surface area contributed by atoms with Crippen LogP contribution in [0.25, 0.3) is 0 Å². The molecule has 0 aromatic heterocycles. The van der Waals surface area contributed by atoms with E-state index >= 15 is 0 Å². The second kappa shape index (κ2) is 5.84. The number of carbonyl (C=O) groups is 1. The van der Waals surface area contributed by atoms with Gasteiger partial charge in [-0.2, -0.15) is 0 Å². The molecule has 0 fully saturated rings. The van der Waals surface area contributed by atoms with Crippen LogP contribution in [-0.4, -0.2) is 22.9 Å². The van der Waals surface area contributed by atoms with Gasteiger partial charge in [0.1, 0.15) is 6.17 Å². The minimum atomic E-state index is -0.974. The third-order valence-corrected chi connectivity index (χ3v) is 6.28. The molecule has 0 radical (unpaired) electrons. The summed E-state index contributed by atoms with van der Waals surface area (Å²) in [6.07, 6.45) is 1.64. The molecule has 2 aromatic carbocycles. The first-order valence-corrected chi connectivity index (χ1v) is 10.4. The molecule has 2 aliphatic rings. The van der Waals surface area contributed by atoms with Gasteiger partial charge < -0.3 is 15.5 Å². The Morgan fingerprint density at radius 3 is 2.31 bits per heavy atom. The van der Waals surface area contributed by atoms with Crippen LogP contribution in [0.1, 0.15) is 38.1 Å². The lowest BCUT2D eigenvalue weighted by molar-refractivity contribution is -0.122. The van der Waals surface area contributed by atoms with Gasteiger partial charge in [0.05, 0.1) is 22.5 Å². The number of hydrogen-bond donors (Lipinski definition) is 2. The second-order valence-corrected chi connectivity index (χ2v) is 8.71. The summed E-state index contributed by atoms with van der Waals surface area (Å²) >= 11 is 0. The molecule has 2 heterocycles. The fourth-order valence-electron chi connectivity index (χ4n) is 3.79. The number of rotatable bonds is 3. The van der Waals surface area contributed by atoms with Gasteiger partial charge >= 0.3 is 0 Å². The Morgan fingerprint density at radius 1 is 1.12 bits per heavy atom. The highest BCUT2D eigenvalue weighted by molar-refractivity contribution is 7.84. The number of hydrogen-bond acceptors (Lipinski definition) is 4. The highest BCUT2D eigenvalue weighted by Gasteiger charge is 2.44. The average molecular weight is 369 g/mol. The van der Waals surface area contributed by atoms with Crippen LogP contribution in [0.4, 0.5) is 17.1 Å². The maximum atomic E-state index is 12.7. The first-order chi connectivity index (χ1) is 12.3. The van der Waals surface area contributed by atoms with Crippen molar-refractivity contribution in [2.75, 3.05) is 28.3 Å². The van der Waals surface area contributed by atoms with Crippen molar-refractivity contribution in [2.45, 2.75) is 37.2 Å². The molecule has 0 saturated carbocycles. The highest BCUT2D eigenvalue weighted by Crippen LogP contribution is 2.48. The summed E-state index contributed by atoms with van der Waals surface area (Å²) in [6, 6.07) is 12.0. The van der Waals surface area contributed by atoms with Crippen LogP contribution in [0.3, 0.4) is 0 Å². The molecule has 1 amide bonds. The molecular weight excluding hydrogens is 346 g/mol. The van der Waals surface area contributed by atoms with E-state index in [0.29, 0.717) is 6.54 Å². The molecule has 6 heteroatoms. The normalized spacial score (nSPS) is 21.0. The summed E-state index contributed by atoms with van der Waals surface area (Å²) in [4.78, 5) is 15.4. The molecule has 5 nitrogen and oxygen atoms in total. The zero-order valence-corrected chi connectivity index (χ0v) is 16.2. The number of benzene rings is 2. The zero-order chi connectivity index (χ0) is 18.6. The fourth-order valence-corrected chi connectivity index (χ4v) is 4.31. The molecule has 2 atom stereocenters. The molecule has 2 aromatic rings. The average Bonchev–Trinajstić information content (AvgIpc) is 3.11. The monoisotopic (exact) mass is 369 g/mol. The molecule has 136 valence electrons. The minimum absolute atomic E-state index is 0.0410. The van der Waals surface area contributed by atoms with Crippen LogP contribution in [0.15, 0.2) is 41.3 Å². The second-order valence-electron chi connectivity index (χ2n) is 7.33. The van der Waals surface area contributed by atoms with E-state index < -0.39 is 16.2 Å². The predicted molar refractivity (Wildman–Crippen MR) is 106 cm³/mol. The van der Waals surface area contributed by atoms with E-state index in [-0.39, 0.29) is 12.1 Å². The van der Waals surface area contributed by atoms with Crippen LogP contribution in [0.5, 0.6) is 0 Å². The molecule has 0 spiro atoms. The Labute approximate surface area is 156 Å². The summed E-state index contributed by atoms with van der Waals surface area (Å²) < 4.78 is 11.6. The Balaban J connectivity index is 1.67. The van der Waals surface area contributed by atoms with Crippen LogP contribution in [0.2, 0.25) is 0 Å². The Hall–Kier alpha value is -2.34. The minimum Gasteiger partial charge on any atom is -0.360 e. The van der Waals surface area contributed by atoms with Crippen molar-refractivity contribution in [3.05, 3.63) is 47.5 Å². The Morgan fingerprint density at radius 2 is 1.73 bits per heavy atom. The van der Waals surface area contributed by atoms with E-state index in [4.69, 9.17) is 0 Å². The summed E-state index contributed by atoms with van der Waals surface area (Å²) in [5, 5.41) is 6.99. The molecule has 0 aliphatic carbocycles. The van der Waals surface area contributed by atoms with E-state index in [9.17, 15) is 9.00 Å². The van der Waals surface area contributed by atoms with Crippen LogP contribution < -0.4 is 15.5 Å². The number of carbonyl (C=O) groups excluding carboxylic acids is 1. The lowest BCUT2D eigenvalue weighted by Crippen LogP contribution is -2.35. The van der Waals surface area contributed by atoms with E-state index in [0.717, 1.165) is 33.1 Å². The summed E-state index contributed by atoms with van der Waals surface area (Å²) in [5.74, 6) is 0.151. The van der Waals surface area contributed by atoms with Gasteiger partial charge in [-0.05, 0) is 56.2 Å². The SMILES string of the molecule is CCN1C(=O)C(C)(C)c2cc3c(cc21)NC(c1ccc(S(C)=O)cc1)N3. The van der Waals surface area contributed by atoms with E-state index in [2.05, 4.69) is 22.8 Å². The number of amides is 1. The topological polar surface area (TPSA) is 61.4 Å². The Bertz CT molecular complexity index is 921. The molecule has 0 saturated heterocycles. The number of anilines is 3. The van der Waals surface area contributed by atoms with Gasteiger partial charge in [-0.25, -0.2) is 0 Å². The lowest BCUT2D eigenvalue weighted by Gasteiger charge is -2.18. The molecule has 26 heavy (non-hydrogen) atoms. The van der Waals surface area contributed by atoms with Gasteiger partial charge in [0.15, 0.2) is 0 Å². The highest BCUT2D eigenvalue weighted by atomic mass is 32.2. The van der Waals surface area contributed by atoms with E-state index in [1.165, 1.54) is 0 Å². The molecule has 0 bridgehead atoms. The first kappa shape index (κ1) is 17.1. The van der Waals surface area contributed by atoms with Crippen molar-refractivity contribution >= 4 is 33.8 Å². The largest absolute Gasteiger partial charge is 0.360 e. The third kappa shape index (κ3) is 2.43. The zero-order valence-electron chi connectivity index (χ0n) is 15.4. The Kier molecular flexibility index (Phi) is 3.84. The molecule has 2 unspecified atom stereocenters. The van der Waals surface area contributed by atoms with Gasteiger partial charge in [-0.15, -0.1) is 0 Å². The first-order valence-electron chi connectivity index (χ1n) is 8.80. The number of likely N-dealkylation sites (N-methyl/N-ethyl adjacent to an activating group) is 1. The van der Waals surface area contributed by atoms with Gasteiger partial charge in [-0.1, -0.05) is 12.1 Å². The molecule has 4 rings (SSSR count). The van der Waals surface area contributed by atoms with Crippen molar-refractivity contribution in [2.24, 2.45) is 0 Å². The predicted octanol–water partition coefficient (Wildman–Crippen LogP) is 3.60. The summed E-state index contributed by atoms with van der Waals surface area (Å²) in [6.45, 7) is 6.64. The molecule has 2 N–H and O–H groups in total. The summed E-state index contributed by atoms with van der Waals surface area (Å²) in [7, 11) is -0.974. The van der Waals surface area contributed by atoms with Gasteiger partial charge in [0.2, 0.25) is 5.91 Å². The van der Waals surface area contributed by atoms with E-state index in [1.807, 2.05) is 49.9 Å². The number of nitrogens with one attached hydrogen (secondary N) is 2. The quantitative estimate of drug-likeness (QED) is 0.868. The number of nitrogens with zero attached hydrogens (tertiary/aromatic N) is 1. The van der Waals surface area contributed by atoms with Crippen molar-refractivity contribution < 1.29 is 9.00 Å². The molecule has 2 aliphatic heterocycles. The summed E-state index contributed by atoms with van der Waals surface area (Å²) in [5.41, 5.74) is 4.64. The van der Waals surface area contributed by atoms with Gasteiger partial charge in [-0.3, -0.25) is 9.00 Å². The maximum Gasteiger partial charge on any atom is 0.237 e. The van der Waals surface area contributed by atoms with Crippen molar-refractivity contribution in [3.63, 3.8) is 0 Å². The van der Waals surface area contributed by atoms with E-state index in [1.54, 1.807) is 6.26 Å². The van der Waals surface area contributed by atoms with Gasteiger partial charge in [0, 0.05) is 28.5 Å². The van der Waals surface area contributed by atoms with Crippen LogP contribution >= 0.6 is 0 Å². The van der Waals surface area contributed by atoms with Crippen molar-refractivity contribution in [3.8, 4) is 0 Å². The van der Waals surface area contributed by atoms with Crippen LogP contribution in [0, 0.1) is 0 Å². The smallest absolute Gasteiger partial charge is 0.237 e. The maximum absolute atomic E-state index is 12.7.